The Morgan fingerprint density at radius 3 is 2.43 bits per heavy atom. The van der Waals surface area contributed by atoms with Gasteiger partial charge in [-0.25, -0.2) is 0 Å². The number of hydrogen-bond donors (Lipinski definition) is 0. The second-order valence-electron chi connectivity index (χ2n) is 4.43. The molecule has 0 heterocycles. The summed E-state index contributed by atoms with van der Waals surface area (Å²) in [7, 11) is 0. The molecule has 0 radical (unpaired) electrons. The summed E-state index contributed by atoms with van der Waals surface area (Å²) in [6.45, 7) is 4.40. The molecule has 1 aromatic carbocycles. The summed E-state index contributed by atoms with van der Waals surface area (Å²) in [5.74, 6) is 1.51. The van der Waals surface area contributed by atoms with Crippen molar-refractivity contribution in [3.05, 3.63) is 35.4 Å². The third kappa shape index (κ3) is 1.46. The fraction of sp³-hybridized carbons (Fsp3) is 0.538. The summed E-state index contributed by atoms with van der Waals surface area (Å²) in [5, 5.41) is 0. The fourth-order valence-electron chi connectivity index (χ4n) is 2.46. The Balaban J connectivity index is 2.26. The Hall–Kier alpha value is -0.490. The van der Waals surface area contributed by atoms with E-state index in [2.05, 4.69) is 38.1 Å². The number of rotatable bonds is 3. The molecule has 1 heteroatoms. The molecule has 0 aliphatic heterocycles. The van der Waals surface area contributed by atoms with Gasteiger partial charge in [0.25, 0.3) is 0 Å². The van der Waals surface area contributed by atoms with Crippen molar-refractivity contribution in [2.45, 2.75) is 32.1 Å². The normalized spacial score (nSPS) is 30.4. The van der Waals surface area contributed by atoms with Crippen molar-refractivity contribution in [1.29, 1.82) is 0 Å². The van der Waals surface area contributed by atoms with Crippen LogP contribution in [0.5, 0.6) is 0 Å². The van der Waals surface area contributed by atoms with E-state index in [0.717, 1.165) is 5.88 Å². The van der Waals surface area contributed by atoms with Crippen LogP contribution in [-0.4, -0.2) is 5.88 Å². The van der Waals surface area contributed by atoms with E-state index < -0.39 is 0 Å². The number of alkyl halides is 1. The van der Waals surface area contributed by atoms with Gasteiger partial charge in [0.15, 0.2) is 0 Å². The molecule has 2 rings (SSSR count). The summed E-state index contributed by atoms with van der Waals surface area (Å²) in [6, 6.07) is 8.95. The van der Waals surface area contributed by atoms with Crippen LogP contribution in [0.25, 0.3) is 0 Å². The van der Waals surface area contributed by atoms with Gasteiger partial charge in [0, 0.05) is 5.88 Å². The molecule has 1 aromatic rings. The van der Waals surface area contributed by atoms with E-state index in [0.29, 0.717) is 11.3 Å². The zero-order valence-electron chi connectivity index (χ0n) is 8.89. The van der Waals surface area contributed by atoms with Crippen LogP contribution >= 0.6 is 11.6 Å². The Bertz CT molecular complexity index is 315. The lowest BCUT2D eigenvalue weighted by atomic mass is 9.90. The van der Waals surface area contributed by atoms with Gasteiger partial charge < -0.3 is 0 Å². The van der Waals surface area contributed by atoms with E-state index in [-0.39, 0.29) is 0 Å². The first-order valence-corrected chi connectivity index (χ1v) is 5.89. The molecule has 1 fully saturated rings. The average molecular weight is 209 g/mol. The summed E-state index contributed by atoms with van der Waals surface area (Å²) in [4.78, 5) is 0. The first-order chi connectivity index (χ1) is 6.73. The summed E-state index contributed by atoms with van der Waals surface area (Å²) >= 11 is 5.94. The van der Waals surface area contributed by atoms with Gasteiger partial charge in [-0.05, 0) is 36.7 Å². The van der Waals surface area contributed by atoms with Gasteiger partial charge in [-0.3, -0.25) is 0 Å². The Labute approximate surface area is 91.3 Å². The Kier molecular flexibility index (Phi) is 2.57. The molecule has 0 bridgehead atoms. The van der Waals surface area contributed by atoms with Crippen molar-refractivity contribution in [3.8, 4) is 0 Å². The van der Waals surface area contributed by atoms with Crippen LogP contribution in [0.4, 0.5) is 0 Å². The quantitative estimate of drug-likeness (QED) is 0.661. The molecule has 0 spiro atoms. The average Bonchev–Trinajstić information content (AvgIpc) is 2.94. The van der Waals surface area contributed by atoms with E-state index >= 15 is 0 Å². The molecule has 0 aromatic heterocycles. The molecule has 1 saturated carbocycles. The van der Waals surface area contributed by atoms with Crippen molar-refractivity contribution in [2.75, 3.05) is 5.88 Å². The van der Waals surface area contributed by atoms with Crippen LogP contribution in [0.3, 0.4) is 0 Å². The molecule has 1 aliphatic carbocycles. The van der Waals surface area contributed by atoms with Crippen LogP contribution in [0.15, 0.2) is 24.3 Å². The molecule has 0 saturated heterocycles. The maximum atomic E-state index is 5.94. The first kappa shape index (κ1) is 10.0. The largest absolute Gasteiger partial charge is 0.126 e. The number of halogens is 1. The second-order valence-corrected chi connectivity index (χ2v) is 4.74. The van der Waals surface area contributed by atoms with Gasteiger partial charge in [-0.2, -0.15) is 0 Å². The van der Waals surface area contributed by atoms with Crippen LogP contribution < -0.4 is 0 Å². The summed E-state index contributed by atoms with van der Waals surface area (Å²) < 4.78 is 0. The predicted octanol–water partition coefficient (Wildman–Crippen LogP) is 3.90. The monoisotopic (exact) mass is 208 g/mol. The van der Waals surface area contributed by atoms with Crippen molar-refractivity contribution >= 4 is 11.6 Å². The lowest BCUT2D eigenvalue weighted by Gasteiger charge is -2.15. The molecule has 0 N–H and O–H groups in total. The zero-order valence-corrected chi connectivity index (χ0v) is 9.64. The molecular weight excluding hydrogens is 192 g/mol. The van der Waals surface area contributed by atoms with Crippen LogP contribution in [0.2, 0.25) is 0 Å². The Morgan fingerprint density at radius 2 is 2.00 bits per heavy atom. The molecule has 2 atom stereocenters. The highest BCUT2D eigenvalue weighted by Gasteiger charge is 2.52. The smallest absolute Gasteiger partial charge is 0.0260 e. The number of aryl methyl sites for hydroxylation is 1. The van der Waals surface area contributed by atoms with Gasteiger partial charge in [0.05, 0.1) is 0 Å². The van der Waals surface area contributed by atoms with Crippen molar-refractivity contribution in [3.63, 3.8) is 0 Å². The van der Waals surface area contributed by atoms with Gasteiger partial charge in [-0.15, -0.1) is 11.6 Å². The minimum atomic E-state index is 0.412. The highest BCUT2D eigenvalue weighted by molar-refractivity contribution is 6.18. The highest BCUT2D eigenvalue weighted by Crippen LogP contribution is 2.57. The minimum Gasteiger partial charge on any atom is -0.126 e. The van der Waals surface area contributed by atoms with E-state index in [1.165, 1.54) is 24.0 Å². The van der Waals surface area contributed by atoms with Crippen molar-refractivity contribution < 1.29 is 0 Å². The van der Waals surface area contributed by atoms with E-state index in [1.807, 2.05) is 0 Å². The summed E-state index contributed by atoms with van der Waals surface area (Å²) in [6.07, 6.45) is 2.49. The van der Waals surface area contributed by atoms with Gasteiger partial charge in [0.1, 0.15) is 0 Å². The lowest BCUT2D eigenvalue weighted by Crippen LogP contribution is -2.09. The van der Waals surface area contributed by atoms with Gasteiger partial charge in [0.2, 0.25) is 0 Å². The maximum absolute atomic E-state index is 5.94. The molecule has 2 unspecified atom stereocenters. The van der Waals surface area contributed by atoms with Crippen molar-refractivity contribution in [2.24, 2.45) is 5.92 Å². The third-order valence-corrected chi connectivity index (χ3v) is 4.05. The van der Waals surface area contributed by atoms with Gasteiger partial charge in [-0.1, -0.05) is 36.8 Å². The van der Waals surface area contributed by atoms with Crippen LogP contribution in [0.1, 0.15) is 30.9 Å². The number of benzene rings is 1. The molecule has 14 heavy (non-hydrogen) atoms. The predicted molar refractivity (Wildman–Crippen MR) is 62.0 cm³/mol. The van der Waals surface area contributed by atoms with Crippen LogP contribution in [0, 0.1) is 12.8 Å². The number of hydrogen-bond acceptors (Lipinski definition) is 0. The molecule has 0 nitrogen and oxygen atoms in total. The first-order valence-electron chi connectivity index (χ1n) is 5.36. The highest BCUT2D eigenvalue weighted by atomic mass is 35.5. The zero-order chi connectivity index (χ0) is 10.2. The molecule has 76 valence electrons. The fourth-order valence-corrected chi connectivity index (χ4v) is 2.86. The van der Waals surface area contributed by atoms with Crippen LogP contribution in [-0.2, 0) is 5.41 Å². The SMILES string of the molecule is CCC1(c2ccc(C)cc2)CC1CCl. The second kappa shape index (κ2) is 3.58. The van der Waals surface area contributed by atoms with E-state index in [9.17, 15) is 0 Å². The topological polar surface area (TPSA) is 0 Å². The molecular formula is C13H17Cl. The minimum absolute atomic E-state index is 0.412. The Morgan fingerprint density at radius 1 is 1.36 bits per heavy atom. The standard InChI is InChI=1S/C13H17Cl/c1-3-13(8-12(13)9-14)11-6-4-10(2)5-7-11/h4-7,12H,3,8-9H2,1-2H3. The molecule has 1 aliphatic rings. The van der Waals surface area contributed by atoms with Gasteiger partial charge >= 0.3 is 0 Å². The molecule has 0 amide bonds. The lowest BCUT2D eigenvalue weighted by molar-refractivity contribution is 0.609. The third-order valence-electron chi connectivity index (χ3n) is 3.68. The van der Waals surface area contributed by atoms with E-state index in [4.69, 9.17) is 11.6 Å². The van der Waals surface area contributed by atoms with E-state index in [1.54, 1.807) is 0 Å². The van der Waals surface area contributed by atoms with Crippen molar-refractivity contribution in [1.82, 2.24) is 0 Å². The summed E-state index contributed by atoms with van der Waals surface area (Å²) in [5.41, 5.74) is 3.23. The maximum Gasteiger partial charge on any atom is 0.0260 e.